The van der Waals surface area contributed by atoms with E-state index in [4.69, 9.17) is 4.74 Å². The molecule has 1 aliphatic heterocycles. The van der Waals surface area contributed by atoms with Crippen LogP contribution in [0.2, 0.25) is 0 Å². The summed E-state index contributed by atoms with van der Waals surface area (Å²) in [6.45, 7) is 7.73. The normalized spacial score (nSPS) is 19.9. The molecule has 1 saturated heterocycles. The van der Waals surface area contributed by atoms with Gasteiger partial charge >= 0.3 is 0 Å². The third-order valence-corrected chi connectivity index (χ3v) is 4.02. The number of piperidine rings is 1. The van der Waals surface area contributed by atoms with Crippen molar-refractivity contribution in [1.29, 1.82) is 0 Å². The van der Waals surface area contributed by atoms with Gasteiger partial charge < -0.3 is 9.64 Å². The Morgan fingerprint density at radius 3 is 2.50 bits per heavy atom. The van der Waals surface area contributed by atoms with E-state index in [0.717, 1.165) is 12.6 Å². The highest BCUT2D eigenvalue weighted by Gasteiger charge is 2.22. The Hall–Kier alpha value is -0.860. The third kappa shape index (κ3) is 3.82. The summed E-state index contributed by atoms with van der Waals surface area (Å²) in [5, 5.41) is 0. The van der Waals surface area contributed by atoms with Crippen LogP contribution in [0.1, 0.15) is 38.7 Å². The Kier molecular flexibility index (Phi) is 5.21. The zero-order chi connectivity index (χ0) is 12.8. The molecule has 1 fully saturated rings. The van der Waals surface area contributed by atoms with Crippen molar-refractivity contribution in [2.75, 3.05) is 13.1 Å². The van der Waals surface area contributed by atoms with Gasteiger partial charge in [0.25, 0.3) is 0 Å². The van der Waals surface area contributed by atoms with Gasteiger partial charge in [0.2, 0.25) is 0 Å². The number of nitrogens with zero attached hydrogens (tertiary/aromatic N) is 1. The first kappa shape index (κ1) is 13.6. The van der Waals surface area contributed by atoms with Crippen molar-refractivity contribution in [3.8, 4) is 0 Å². The molecule has 1 unspecified atom stereocenters. The average Bonchev–Trinajstić information content (AvgIpc) is 2.46. The van der Waals surface area contributed by atoms with Gasteiger partial charge in [-0.05, 0) is 31.7 Å². The fourth-order valence-electron chi connectivity index (χ4n) is 2.53. The highest BCUT2D eigenvalue weighted by molar-refractivity contribution is 5.13. The monoisotopic (exact) mass is 247 g/mol. The quantitative estimate of drug-likeness (QED) is 0.790. The number of rotatable bonds is 5. The molecular weight excluding hydrogens is 222 g/mol. The number of hydrogen-bond acceptors (Lipinski definition) is 2. The Morgan fingerprint density at radius 2 is 1.89 bits per heavy atom. The summed E-state index contributed by atoms with van der Waals surface area (Å²) < 4.78 is 6.00. The largest absolute Gasteiger partial charge is 0.373 e. The first-order valence-electron chi connectivity index (χ1n) is 7.19. The number of likely N-dealkylation sites (tertiary alicyclic amines) is 1. The molecule has 2 rings (SSSR count). The van der Waals surface area contributed by atoms with Gasteiger partial charge in [-0.2, -0.15) is 0 Å². The first-order valence-corrected chi connectivity index (χ1v) is 7.19. The molecule has 1 heterocycles. The SMILES string of the molecule is CCC(C)N1CCC(OCc2ccccc2)CC1. The van der Waals surface area contributed by atoms with Crippen LogP contribution in [0.4, 0.5) is 0 Å². The molecule has 0 aliphatic carbocycles. The van der Waals surface area contributed by atoms with E-state index in [1.807, 2.05) is 6.07 Å². The summed E-state index contributed by atoms with van der Waals surface area (Å²) in [6, 6.07) is 11.2. The maximum atomic E-state index is 6.00. The fraction of sp³-hybridized carbons (Fsp3) is 0.625. The predicted octanol–water partition coefficient (Wildman–Crippen LogP) is 3.47. The van der Waals surface area contributed by atoms with Gasteiger partial charge in [0.15, 0.2) is 0 Å². The molecule has 1 aromatic rings. The first-order chi connectivity index (χ1) is 8.79. The zero-order valence-electron chi connectivity index (χ0n) is 11.6. The summed E-state index contributed by atoms with van der Waals surface area (Å²) in [4.78, 5) is 2.59. The lowest BCUT2D eigenvalue weighted by atomic mass is 10.0. The smallest absolute Gasteiger partial charge is 0.0720 e. The molecule has 0 saturated carbocycles. The standard InChI is InChI=1S/C16H25NO/c1-3-14(2)17-11-9-16(10-12-17)18-13-15-7-5-4-6-8-15/h4-8,14,16H,3,9-13H2,1-2H3. The van der Waals surface area contributed by atoms with Crippen LogP contribution in [-0.2, 0) is 11.3 Å². The number of hydrogen-bond donors (Lipinski definition) is 0. The van der Waals surface area contributed by atoms with Gasteiger partial charge in [0, 0.05) is 19.1 Å². The summed E-state index contributed by atoms with van der Waals surface area (Å²) in [5.74, 6) is 0. The molecule has 0 spiro atoms. The van der Waals surface area contributed by atoms with E-state index in [1.54, 1.807) is 0 Å². The van der Waals surface area contributed by atoms with E-state index >= 15 is 0 Å². The molecule has 2 nitrogen and oxygen atoms in total. The van der Waals surface area contributed by atoms with Crippen LogP contribution in [0.15, 0.2) is 30.3 Å². The predicted molar refractivity (Wildman–Crippen MR) is 75.6 cm³/mol. The second-order valence-corrected chi connectivity index (χ2v) is 5.29. The zero-order valence-corrected chi connectivity index (χ0v) is 11.6. The number of ether oxygens (including phenoxy) is 1. The second kappa shape index (κ2) is 6.91. The van der Waals surface area contributed by atoms with Crippen molar-refractivity contribution < 1.29 is 4.74 Å². The molecule has 2 heteroatoms. The van der Waals surface area contributed by atoms with Gasteiger partial charge in [-0.25, -0.2) is 0 Å². The molecule has 0 aromatic heterocycles. The Bertz CT molecular complexity index is 330. The van der Waals surface area contributed by atoms with Gasteiger partial charge in [-0.1, -0.05) is 37.3 Å². The van der Waals surface area contributed by atoms with Gasteiger partial charge in [0.1, 0.15) is 0 Å². The van der Waals surface area contributed by atoms with Gasteiger partial charge in [-0.15, -0.1) is 0 Å². The van der Waals surface area contributed by atoms with Crippen molar-refractivity contribution in [3.05, 3.63) is 35.9 Å². The summed E-state index contributed by atoms with van der Waals surface area (Å²) in [6.07, 6.45) is 4.05. The van der Waals surface area contributed by atoms with Crippen molar-refractivity contribution in [2.24, 2.45) is 0 Å². The minimum atomic E-state index is 0.450. The third-order valence-electron chi connectivity index (χ3n) is 4.02. The second-order valence-electron chi connectivity index (χ2n) is 5.29. The van der Waals surface area contributed by atoms with Crippen LogP contribution in [0.5, 0.6) is 0 Å². The topological polar surface area (TPSA) is 12.5 Å². The van der Waals surface area contributed by atoms with Crippen molar-refractivity contribution in [3.63, 3.8) is 0 Å². The maximum Gasteiger partial charge on any atom is 0.0720 e. The molecule has 0 N–H and O–H groups in total. The molecular formula is C16H25NO. The van der Waals surface area contributed by atoms with Gasteiger partial charge in [0.05, 0.1) is 12.7 Å². The molecule has 0 radical (unpaired) electrons. The highest BCUT2D eigenvalue weighted by Crippen LogP contribution is 2.18. The Morgan fingerprint density at radius 1 is 1.22 bits per heavy atom. The van der Waals surface area contributed by atoms with E-state index < -0.39 is 0 Å². The minimum absolute atomic E-state index is 0.450. The summed E-state index contributed by atoms with van der Waals surface area (Å²) in [5.41, 5.74) is 1.28. The summed E-state index contributed by atoms with van der Waals surface area (Å²) >= 11 is 0. The van der Waals surface area contributed by atoms with Crippen LogP contribution in [0.3, 0.4) is 0 Å². The lowest BCUT2D eigenvalue weighted by Gasteiger charge is -2.35. The van der Waals surface area contributed by atoms with E-state index in [-0.39, 0.29) is 0 Å². The lowest BCUT2D eigenvalue weighted by Crippen LogP contribution is -2.41. The van der Waals surface area contributed by atoms with Crippen LogP contribution < -0.4 is 0 Å². The lowest BCUT2D eigenvalue weighted by molar-refractivity contribution is -0.00975. The molecule has 1 aliphatic rings. The molecule has 0 bridgehead atoms. The van der Waals surface area contributed by atoms with Gasteiger partial charge in [-0.3, -0.25) is 0 Å². The molecule has 100 valence electrons. The van der Waals surface area contributed by atoms with Crippen LogP contribution in [-0.4, -0.2) is 30.1 Å². The van der Waals surface area contributed by atoms with E-state index in [2.05, 4.69) is 43.0 Å². The van der Waals surface area contributed by atoms with Crippen molar-refractivity contribution in [2.45, 2.75) is 51.9 Å². The van der Waals surface area contributed by atoms with Crippen LogP contribution in [0.25, 0.3) is 0 Å². The summed E-state index contributed by atoms with van der Waals surface area (Å²) in [7, 11) is 0. The maximum absolute atomic E-state index is 6.00. The van der Waals surface area contributed by atoms with E-state index in [9.17, 15) is 0 Å². The molecule has 1 aromatic carbocycles. The van der Waals surface area contributed by atoms with Crippen molar-refractivity contribution in [1.82, 2.24) is 4.90 Å². The molecule has 18 heavy (non-hydrogen) atoms. The Balaban J connectivity index is 1.71. The van der Waals surface area contributed by atoms with E-state index in [1.165, 1.54) is 37.9 Å². The Labute approximate surface area is 111 Å². The molecule has 0 amide bonds. The van der Waals surface area contributed by atoms with Crippen LogP contribution >= 0.6 is 0 Å². The number of benzene rings is 1. The minimum Gasteiger partial charge on any atom is -0.373 e. The van der Waals surface area contributed by atoms with Crippen LogP contribution in [0, 0.1) is 0 Å². The highest BCUT2D eigenvalue weighted by atomic mass is 16.5. The average molecular weight is 247 g/mol. The van der Waals surface area contributed by atoms with E-state index in [0.29, 0.717) is 6.10 Å². The van der Waals surface area contributed by atoms with Crippen molar-refractivity contribution >= 4 is 0 Å². The molecule has 1 atom stereocenters. The fourth-order valence-corrected chi connectivity index (χ4v) is 2.53.